The van der Waals surface area contributed by atoms with Crippen molar-refractivity contribution < 1.29 is 42.6 Å². The molecule has 0 spiro atoms. The average molecular weight is 568 g/mol. The third-order valence-electron chi connectivity index (χ3n) is 6.96. The van der Waals surface area contributed by atoms with Crippen LogP contribution in [0.5, 0.6) is 0 Å². The highest BCUT2D eigenvalue weighted by molar-refractivity contribution is 6.74. The van der Waals surface area contributed by atoms with Gasteiger partial charge in [0, 0.05) is 5.92 Å². The molecule has 1 aromatic rings. The molecular weight excluding hydrogens is 522 g/mol. The van der Waals surface area contributed by atoms with Crippen molar-refractivity contribution in [3.63, 3.8) is 0 Å². The van der Waals surface area contributed by atoms with E-state index < -0.39 is 56.7 Å². The molecule has 1 rings (SSSR count). The van der Waals surface area contributed by atoms with Gasteiger partial charge in [0.1, 0.15) is 6.61 Å². The molecule has 220 valence electrons. The maximum Gasteiger partial charge on any atom is 0.408 e. The average Bonchev–Trinajstić information content (AvgIpc) is 2.87. The Morgan fingerprint density at radius 3 is 2.03 bits per heavy atom. The van der Waals surface area contributed by atoms with Gasteiger partial charge < -0.3 is 28.7 Å². The molecular formula is C28H45NO9Si. The Morgan fingerprint density at radius 2 is 1.51 bits per heavy atom. The number of amides is 1. The largest absolute Gasteiger partial charge is 0.466 e. The van der Waals surface area contributed by atoms with E-state index in [0.29, 0.717) is 6.42 Å². The van der Waals surface area contributed by atoms with Crippen LogP contribution in [0.4, 0.5) is 4.79 Å². The third-order valence-corrected chi connectivity index (χ3v) is 11.5. The summed E-state index contributed by atoms with van der Waals surface area (Å²) in [5, 5.41) is 2.37. The van der Waals surface area contributed by atoms with Gasteiger partial charge in [-0.3, -0.25) is 0 Å². The maximum absolute atomic E-state index is 13.3. The molecule has 1 unspecified atom stereocenters. The second-order valence-electron chi connectivity index (χ2n) is 11.1. The molecule has 0 fully saturated rings. The summed E-state index contributed by atoms with van der Waals surface area (Å²) in [6, 6.07) is 7.81. The van der Waals surface area contributed by atoms with E-state index in [1.165, 1.54) is 14.0 Å². The van der Waals surface area contributed by atoms with Gasteiger partial charge >= 0.3 is 24.0 Å². The van der Waals surface area contributed by atoms with Crippen molar-refractivity contribution in [2.45, 2.75) is 104 Å². The van der Waals surface area contributed by atoms with Crippen molar-refractivity contribution >= 4 is 32.3 Å². The smallest absolute Gasteiger partial charge is 0.408 e. The Labute approximate surface area is 233 Å². The summed E-state index contributed by atoms with van der Waals surface area (Å²) in [6.45, 7) is 16.7. The predicted octanol–water partition coefficient (Wildman–Crippen LogP) is 4.75. The van der Waals surface area contributed by atoms with E-state index in [4.69, 9.17) is 23.4 Å². The molecule has 0 heterocycles. The molecule has 0 aliphatic carbocycles. The molecule has 0 saturated heterocycles. The Kier molecular flexibility index (Phi) is 13.1. The number of rotatable bonds is 13. The second kappa shape index (κ2) is 15.0. The zero-order valence-corrected chi connectivity index (χ0v) is 25.9. The normalized spacial score (nSPS) is 15.6. The van der Waals surface area contributed by atoms with Crippen LogP contribution in [-0.2, 0) is 44.4 Å². The fourth-order valence-corrected chi connectivity index (χ4v) is 4.63. The van der Waals surface area contributed by atoms with E-state index in [1.807, 2.05) is 59.0 Å². The number of carbonyl (C=O) groups excluding carboxylic acids is 4. The first kappa shape index (κ1) is 34.1. The van der Waals surface area contributed by atoms with Gasteiger partial charge in [-0.25, -0.2) is 19.2 Å². The van der Waals surface area contributed by atoms with E-state index in [1.54, 1.807) is 26.0 Å². The van der Waals surface area contributed by atoms with Crippen LogP contribution >= 0.6 is 0 Å². The lowest BCUT2D eigenvalue weighted by atomic mass is 10.0. The van der Waals surface area contributed by atoms with Crippen LogP contribution in [-0.4, -0.2) is 63.8 Å². The standard InChI is InChI=1S/C28H45NO9Si/c1-11-18(2)23(26(32)34-8)37-24(30)20(4)36-25(31)22(19(3)38-39(9,10)28(5,6)7)29-27(33)35-17-21-15-13-12-14-16-21/h12-16,18-20,22-23H,11,17H2,1-10H3,(H,29,33)/t18?,19-,20+,22+,23+/m1/s1. The van der Waals surface area contributed by atoms with Gasteiger partial charge in [-0.1, -0.05) is 65.0 Å². The zero-order valence-electron chi connectivity index (χ0n) is 24.9. The Hall–Kier alpha value is -2.92. The molecule has 0 saturated carbocycles. The fourth-order valence-electron chi connectivity index (χ4n) is 3.21. The third kappa shape index (κ3) is 10.6. The highest BCUT2D eigenvalue weighted by Gasteiger charge is 2.42. The van der Waals surface area contributed by atoms with Crippen LogP contribution in [0, 0.1) is 5.92 Å². The van der Waals surface area contributed by atoms with E-state index >= 15 is 0 Å². The van der Waals surface area contributed by atoms with Crippen molar-refractivity contribution in [2.75, 3.05) is 7.11 Å². The molecule has 0 bridgehead atoms. The molecule has 0 radical (unpaired) electrons. The first-order chi connectivity index (χ1) is 18.0. The summed E-state index contributed by atoms with van der Waals surface area (Å²) in [6.07, 6.45) is -3.59. The topological polar surface area (TPSA) is 126 Å². The summed E-state index contributed by atoms with van der Waals surface area (Å²) in [5.41, 5.74) is 0.773. The first-order valence-electron chi connectivity index (χ1n) is 13.2. The summed E-state index contributed by atoms with van der Waals surface area (Å²) < 4.78 is 27.1. The van der Waals surface area contributed by atoms with Crippen LogP contribution < -0.4 is 5.32 Å². The summed E-state index contributed by atoms with van der Waals surface area (Å²) >= 11 is 0. The Bertz CT molecular complexity index is 962. The van der Waals surface area contributed by atoms with Crippen molar-refractivity contribution in [3.8, 4) is 0 Å². The second-order valence-corrected chi connectivity index (χ2v) is 15.9. The van der Waals surface area contributed by atoms with Crippen LogP contribution in [0.1, 0.15) is 60.5 Å². The minimum absolute atomic E-state index is 0.000822. The Morgan fingerprint density at radius 1 is 0.923 bits per heavy atom. The molecule has 0 aromatic heterocycles. The lowest BCUT2D eigenvalue weighted by Crippen LogP contribution is -2.55. The number of benzene rings is 1. The molecule has 1 N–H and O–H groups in total. The number of carbonyl (C=O) groups is 4. The molecule has 39 heavy (non-hydrogen) atoms. The number of hydrogen-bond donors (Lipinski definition) is 1. The highest BCUT2D eigenvalue weighted by atomic mass is 28.4. The van der Waals surface area contributed by atoms with E-state index in [9.17, 15) is 19.2 Å². The highest BCUT2D eigenvalue weighted by Crippen LogP contribution is 2.37. The van der Waals surface area contributed by atoms with Crippen molar-refractivity contribution in [2.24, 2.45) is 5.92 Å². The minimum Gasteiger partial charge on any atom is -0.466 e. The molecule has 0 aliphatic heterocycles. The van der Waals surface area contributed by atoms with Gasteiger partial charge in [-0.05, 0) is 44.0 Å². The van der Waals surface area contributed by atoms with Crippen LogP contribution in [0.3, 0.4) is 0 Å². The predicted molar refractivity (Wildman–Crippen MR) is 148 cm³/mol. The summed E-state index contributed by atoms with van der Waals surface area (Å²) in [5.74, 6) is -2.83. The molecule has 1 aromatic carbocycles. The van der Waals surface area contributed by atoms with E-state index in [-0.39, 0.29) is 17.6 Å². The van der Waals surface area contributed by atoms with Gasteiger partial charge in [-0.2, -0.15) is 0 Å². The summed E-state index contributed by atoms with van der Waals surface area (Å²) in [4.78, 5) is 50.7. The Balaban J connectivity index is 3.04. The monoisotopic (exact) mass is 567 g/mol. The van der Waals surface area contributed by atoms with E-state index in [2.05, 4.69) is 5.32 Å². The van der Waals surface area contributed by atoms with Gasteiger partial charge in [0.15, 0.2) is 20.5 Å². The van der Waals surface area contributed by atoms with Gasteiger partial charge in [-0.15, -0.1) is 0 Å². The molecule has 11 heteroatoms. The van der Waals surface area contributed by atoms with Crippen LogP contribution in [0.25, 0.3) is 0 Å². The number of nitrogens with one attached hydrogen (secondary N) is 1. The molecule has 5 atom stereocenters. The van der Waals surface area contributed by atoms with Crippen molar-refractivity contribution in [1.82, 2.24) is 5.32 Å². The SMILES string of the molecule is CCC(C)[C@H](OC(=O)[C@H](C)OC(=O)[C@@H](NC(=O)OCc1ccccc1)[C@@H](C)O[Si](C)(C)C(C)(C)C)C(=O)OC. The maximum atomic E-state index is 13.3. The fraction of sp³-hybridized carbons (Fsp3) is 0.643. The van der Waals surface area contributed by atoms with E-state index in [0.717, 1.165) is 5.56 Å². The minimum atomic E-state index is -2.36. The van der Waals surface area contributed by atoms with Gasteiger partial charge in [0.05, 0.1) is 13.2 Å². The molecule has 1 amide bonds. The lowest BCUT2D eigenvalue weighted by Gasteiger charge is -2.40. The number of esters is 3. The van der Waals surface area contributed by atoms with Gasteiger partial charge in [0.2, 0.25) is 6.10 Å². The summed E-state index contributed by atoms with van der Waals surface area (Å²) in [7, 11) is -1.16. The molecule has 0 aliphatic rings. The van der Waals surface area contributed by atoms with Crippen molar-refractivity contribution in [3.05, 3.63) is 35.9 Å². The van der Waals surface area contributed by atoms with Crippen LogP contribution in [0.15, 0.2) is 30.3 Å². The number of methoxy groups -OCH3 is 1. The number of hydrogen-bond acceptors (Lipinski definition) is 9. The first-order valence-corrected chi connectivity index (χ1v) is 16.1. The number of ether oxygens (including phenoxy) is 4. The van der Waals surface area contributed by atoms with Gasteiger partial charge in [0.25, 0.3) is 0 Å². The van der Waals surface area contributed by atoms with Crippen molar-refractivity contribution in [1.29, 1.82) is 0 Å². The lowest BCUT2D eigenvalue weighted by molar-refractivity contribution is -0.180. The number of alkyl carbamates (subject to hydrolysis) is 1. The van der Waals surface area contributed by atoms with Crippen LogP contribution in [0.2, 0.25) is 18.1 Å². The zero-order chi connectivity index (χ0) is 30.0. The molecule has 10 nitrogen and oxygen atoms in total. The quantitative estimate of drug-likeness (QED) is 0.204.